The van der Waals surface area contributed by atoms with Crippen molar-refractivity contribution in [3.05, 3.63) is 263 Å². The first kappa shape index (κ1) is 109. The number of nitrogen functional groups attached to an aromatic ring is 2. The van der Waals surface area contributed by atoms with Crippen LogP contribution < -0.4 is 53.4 Å². The van der Waals surface area contributed by atoms with E-state index in [1.165, 1.54) is 158 Å². The summed E-state index contributed by atoms with van der Waals surface area (Å²) in [6.07, 6.45) is 24.7. The molecule has 3 unspecified atom stereocenters. The van der Waals surface area contributed by atoms with Crippen molar-refractivity contribution in [2.45, 2.75) is 99.8 Å². The van der Waals surface area contributed by atoms with Crippen LogP contribution in [0.5, 0.6) is 5.75 Å². The zero-order valence-corrected chi connectivity index (χ0v) is 82.4. The second-order valence-corrected chi connectivity index (χ2v) is 30.9. The number of para-hydroxylation sites is 1. The number of benzene rings is 1. The fourth-order valence-corrected chi connectivity index (χ4v) is 13.8. The molecule has 0 fully saturated rings. The molecule has 14 aromatic rings. The highest BCUT2D eigenvalue weighted by Crippen LogP contribution is 2.37. The van der Waals surface area contributed by atoms with Crippen LogP contribution in [0.4, 0.5) is 74.3 Å². The van der Waals surface area contributed by atoms with Gasteiger partial charge in [0.1, 0.15) is 30.0 Å². The van der Waals surface area contributed by atoms with Gasteiger partial charge in [-0.15, -0.1) is 19.2 Å². The number of amides is 7. The predicted molar refractivity (Wildman–Crippen MR) is 523 cm³/mol. The molecule has 720 valence electrons. The predicted octanol–water partition coefficient (Wildman–Crippen LogP) is 17.9. The third-order valence-corrected chi connectivity index (χ3v) is 21.3. The van der Waals surface area contributed by atoms with Crippen LogP contribution in [0.15, 0.2) is 164 Å². The van der Waals surface area contributed by atoms with Gasteiger partial charge in [0, 0.05) is 86.2 Å². The first-order valence-corrected chi connectivity index (χ1v) is 44.0. The maximum absolute atomic E-state index is 12.5. The monoisotopic (exact) mass is 2050 g/mol. The first-order chi connectivity index (χ1) is 66.6. The fraction of sp³-hybridized carbons (Fsp3) is 0.239. The minimum atomic E-state index is -0.631. The van der Waals surface area contributed by atoms with Gasteiger partial charge in [-0.3, -0.25) is 30.2 Å². The maximum Gasteiger partial charge on any atom is 0.417 e. The quantitative estimate of drug-likeness (QED) is 0.0304. The topological polar surface area (TPSA) is 594 Å². The van der Waals surface area contributed by atoms with Gasteiger partial charge in [-0.2, -0.15) is 65.7 Å². The van der Waals surface area contributed by atoms with E-state index in [4.69, 9.17) is 91.6 Å². The Kier molecular flexibility index (Phi) is 42.0. The van der Waals surface area contributed by atoms with Crippen LogP contribution in [0, 0.1) is 79.9 Å². The number of pyridine rings is 9. The summed E-state index contributed by atoms with van der Waals surface area (Å²) in [6.45, 7) is 18.0. The molecule has 0 saturated heterocycles. The van der Waals surface area contributed by atoms with E-state index in [-0.39, 0.29) is 39.4 Å². The Bertz CT molecular complexity index is 6310. The van der Waals surface area contributed by atoms with Gasteiger partial charge >= 0.3 is 24.2 Å². The molecular weight excluding hydrogens is 1970 g/mol. The number of ether oxygens (including phenoxy) is 6. The van der Waals surface area contributed by atoms with Crippen molar-refractivity contribution in [2.75, 3.05) is 90.5 Å². The van der Waals surface area contributed by atoms with Gasteiger partial charge in [0.05, 0.1) is 258 Å². The van der Waals surface area contributed by atoms with E-state index in [9.17, 15) is 38.8 Å². The van der Waals surface area contributed by atoms with Gasteiger partial charge in [-0.05, 0) is 122 Å². The number of carbonyl (C=O) groups excluding carboxylic acids is 4. The molecule has 0 saturated carbocycles. The van der Waals surface area contributed by atoms with Crippen molar-refractivity contribution in [2.24, 2.45) is 0 Å². The van der Waals surface area contributed by atoms with Gasteiger partial charge in [0.15, 0.2) is 23.3 Å². The number of carbonyl (C=O) groups is 4. The molecule has 139 heavy (non-hydrogen) atoms. The number of aryl methyl sites for hydroxylation is 5. The van der Waals surface area contributed by atoms with E-state index in [1.807, 2.05) is 26.8 Å². The molecule has 44 nitrogen and oxygen atoms in total. The third-order valence-electron chi connectivity index (χ3n) is 19.2. The van der Waals surface area contributed by atoms with E-state index in [2.05, 4.69) is 163 Å². The van der Waals surface area contributed by atoms with E-state index in [1.54, 1.807) is 105 Å². The number of hydrogen-bond acceptors (Lipinski definition) is 34. The summed E-state index contributed by atoms with van der Waals surface area (Å²) in [6, 6.07) is 21.6. The third kappa shape index (κ3) is 30.0. The van der Waals surface area contributed by atoms with Crippen LogP contribution in [0.1, 0.15) is 144 Å². The summed E-state index contributed by atoms with van der Waals surface area (Å²) in [5.41, 5.74) is 23.5. The highest BCUT2D eigenvalue weighted by molar-refractivity contribution is 9.10. The molecule has 5 atom stereocenters. The number of hydrogen-bond donors (Lipinski definition) is 9. The number of nitrogens with one attached hydrogen (secondary N) is 7. The number of nitriles is 4. The standard InChI is InChI=1S/3C18H17ClN8O2.C14H10ClN5O2.C10H13N3O.C9H13BrN2O.CH3FS/c3*1-10-13(7-20)16(11(2)29-3)15(9-21-10)26-18(28)25-12-6-14(19)17(22-8-12)27-23-4-5-24-27;15-12-8-10(9-16-13(12)20-17-6-7-18-20)19-14(21)22-11-4-2-1-3-5-11;1-6-8(4-11)10(7(2)14-3)9(12)5-13-6;1-5-9(10)8(6(2)13-3)7(11)4-12-5;1-3-2/h3*4-6,8-9,11H,1-3H3,(H2,25,26,28);1-9H,(H,19,21);5,7H,12H2,1-3H3;4,6H,11H2,1-3H3;1H3/t2*11-;;;;;/m10...../s1. The van der Waals surface area contributed by atoms with Crippen molar-refractivity contribution in [3.63, 3.8) is 0 Å². The van der Waals surface area contributed by atoms with Crippen LogP contribution in [0.3, 0.4) is 0 Å². The van der Waals surface area contributed by atoms with Gasteiger partial charge in [0.2, 0.25) is 0 Å². The van der Waals surface area contributed by atoms with E-state index in [0.717, 1.165) is 21.3 Å². The van der Waals surface area contributed by atoms with Crippen LogP contribution in [0.25, 0.3) is 23.3 Å². The molecule has 11 N–H and O–H groups in total. The summed E-state index contributed by atoms with van der Waals surface area (Å²) in [5, 5.41) is 88.7. The Balaban J connectivity index is 0.000000208. The molecule has 13 aromatic heterocycles. The van der Waals surface area contributed by atoms with Gasteiger partial charge in [0.25, 0.3) is 0 Å². The highest BCUT2D eigenvalue weighted by atomic mass is 79.9. The molecule has 0 aliphatic heterocycles. The first-order valence-electron chi connectivity index (χ1n) is 40.6. The summed E-state index contributed by atoms with van der Waals surface area (Å²) in [4.78, 5) is 91.6. The normalized spacial score (nSPS) is 11.4. The molecule has 0 aliphatic rings. The van der Waals surface area contributed by atoms with Crippen LogP contribution in [-0.4, -0.2) is 171 Å². The number of rotatable bonds is 22. The number of aromatic nitrogens is 21. The number of methoxy groups -OCH3 is 5. The number of nitrogens with two attached hydrogens (primary N) is 2. The lowest BCUT2D eigenvalue weighted by Crippen LogP contribution is -2.22. The van der Waals surface area contributed by atoms with Gasteiger partial charge < -0.3 is 71.8 Å². The SMILES string of the molecule is COC(C)c1c(N)cnc(C)c1Br.COC(C)c1c(N)cnc(C)c1C#N.COC(C)c1c(NC(=O)Nc2cnc(-n3nccn3)c(Cl)c2)cnc(C)c1C#N.CO[C@@H](C)c1c(NC(=O)Nc2cnc(-n3nccn3)c(Cl)c2)cnc(C)c1C#N.CO[C@H](C)c1c(NC(=O)Nc2cnc(-n3nccn3)c(Cl)c2)cnc(C)c1C#N.CSF.O=C(Nc1cnc(-n2nccn2)c(Cl)c1)Oc1ccccc1. The molecule has 13 heterocycles. The Labute approximate surface area is 828 Å². The maximum atomic E-state index is 12.5. The number of nitrogens with zero attached hydrogens (tertiary/aromatic N) is 25. The number of urea groups is 3. The lowest BCUT2D eigenvalue weighted by Gasteiger charge is -2.18. The van der Waals surface area contributed by atoms with E-state index < -0.39 is 42.5 Å². The molecule has 7 amide bonds. The largest absolute Gasteiger partial charge is 0.417 e. The average molecular weight is 2060 g/mol. The summed E-state index contributed by atoms with van der Waals surface area (Å²) < 4.78 is 42.7. The molecular formula is C88H90BrCl4FN34O10S. The smallest absolute Gasteiger partial charge is 0.410 e. The lowest BCUT2D eigenvalue weighted by atomic mass is 10.0. The molecule has 51 heteroatoms. The summed E-state index contributed by atoms with van der Waals surface area (Å²) >= 11 is 28.4. The molecule has 0 radical (unpaired) electrons. The summed E-state index contributed by atoms with van der Waals surface area (Å²) in [7, 11) is 7.81. The summed E-state index contributed by atoms with van der Waals surface area (Å²) in [5.74, 6) is 1.81. The van der Waals surface area contributed by atoms with Gasteiger partial charge in [-0.1, -0.05) is 64.6 Å². The Morgan fingerprint density at radius 2 is 0.626 bits per heavy atom. The van der Waals surface area contributed by atoms with Crippen molar-refractivity contribution in [1.82, 2.24) is 105 Å². The van der Waals surface area contributed by atoms with Gasteiger partial charge in [-0.25, -0.2) is 39.1 Å². The zero-order chi connectivity index (χ0) is 102. The molecule has 0 bridgehead atoms. The van der Waals surface area contributed by atoms with Crippen molar-refractivity contribution in [3.8, 4) is 53.3 Å². The fourth-order valence-electron chi connectivity index (χ4n) is 12.2. The minimum Gasteiger partial charge on any atom is -0.410 e. The second-order valence-electron chi connectivity index (χ2n) is 28.2. The van der Waals surface area contributed by atoms with Crippen molar-refractivity contribution in [1.29, 1.82) is 21.0 Å². The van der Waals surface area contributed by atoms with Crippen LogP contribution >= 0.6 is 74.5 Å². The number of halogens is 6. The zero-order valence-electron chi connectivity index (χ0n) is 77.0. The van der Waals surface area contributed by atoms with Crippen LogP contribution in [-0.2, 0) is 23.7 Å². The molecule has 14 rings (SSSR count). The van der Waals surface area contributed by atoms with Crippen molar-refractivity contribution < 1.29 is 51.5 Å². The lowest BCUT2D eigenvalue weighted by molar-refractivity contribution is 0.119. The molecule has 0 aliphatic carbocycles. The van der Waals surface area contributed by atoms with E-state index >= 15 is 0 Å². The van der Waals surface area contributed by atoms with E-state index in [0.29, 0.717) is 147 Å². The Morgan fingerprint density at radius 3 is 0.899 bits per heavy atom. The van der Waals surface area contributed by atoms with Crippen LogP contribution in [0.2, 0.25) is 20.1 Å². The molecule has 0 spiro atoms. The minimum absolute atomic E-state index is 0.0175. The highest BCUT2D eigenvalue weighted by Gasteiger charge is 2.26. The average Bonchev–Trinajstić information content (AvgIpc) is 1.53. The molecule has 1 aromatic carbocycles. The van der Waals surface area contributed by atoms with Crippen molar-refractivity contribution >= 4 is 150 Å². The number of anilines is 9. The second kappa shape index (κ2) is 53.7. The Morgan fingerprint density at radius 1 is 0.381 bits per heavy atom. The Hall–Kier alpha value is -15.5.